The van der Waals surface area contributed by atoms with Crippen molar-refractivity contribution in [1.82, 2.24) is 15.3 Å². The zero-order chi connectivity index (χ0) is 14.5. The van der Waals surface area contributed by atoms with E-state index in [-0.39, 0.29) is 11.7 Å². The Bertz CT molecular complexity index is 646. The summed E-state index contributed by atoms with van der Waals surface area (Å²) in [5, 5.41) is 2.83. The van der Waals surface area contributed by atoms with E-state index in [1.54, 1.807) is 13.0 Å². The third-order valence-electron chi connectivity index (χ3n) is 3.01. The first-order chi connectivity index (χ1) is 9.60. The van der Waals surface area contributed by atoms with Gasteiger partial charge in [0.15, 0.2) is 0 Å². The molecule has 5 heteroatoms. The van der Waals surface area contributed by atoms with Crippen LogP contribution in [0.5, 0.6) is 0 Å². The lowest BCUT2D eigenvalue weighted by atomic mass is 10.2. The Labute approximate surface area is 117 Å². The molecule has 2 rings (SSSR count). The summed E-state index contributed by atoms with van der Waals surface area (Å²) in [5.74, 6) is 0.387. The van der Waals surface area contributed by atoms with Crippen LogP contribution in [0, 0.1) is 5.82 Å². The number of carbonyl (C=O) groups is 1. The summed E-state index contributed by atoms with van der Waals surface area (Å²) in [6.45, 7) is 4.28. The smallest absolute Gasteiger partial charge is 0.246 e. The van der Waals surface area contributed by atoms with Crippen LogP contribution in [0.3, 0.4) is 0 Å². The standard InChI is InChI=1S/C15H18FN3O/c1-3-4-10(2)15(20)17-8-7-14-18-12-6-5-11(16)9-13(12)19-14/h4-6,9H,3,7-8H2,1-2H3,(H,17,20)(H,18,19). The molecule has 1 aromatic heterocycles. The average Bonchev–Trinajstić information content (AvgIpc) is 2.80. The summed E-state index contributed by atoms with van der Waals surface area (Å²) in [6.07, 6.45) is 3.31. The molecule has 0 saturated carbocycles. The van der Waals surface area contributed by atoms with Crippen molar-refractivity contribution in [3.05, 3.63) is 41.5 Å². The number of carbonyl (C=O) groups excluding carboxylic acids is 1. The molecule has 0 aliphatic heterocycles. The van der Waals surface area contributed by atoms with Gasteiger partial charge >= 0.3 is 0 Å². The van der Waals surface area contributed by atoms with Crippen LogP contribution in [0.25, 0.3) is 11.0 Å². The van der Waals surface area contributed by atoms with Crippen molar-refractivity contribution in [3.8, 4) is 0 Å². The van der Waals surface area contributed by atoms with Crippen LogP contribution in [-0.2, 0) is 11.2 Å². The van der Waals surface area contributed by atoms with E-state index in [1.165, 1.54) is 12.1 Å². The van der Waals surface area contributed by atoms with Crippen LogP contribution < -0.4 is 5.32 Å². The van der Waals surface area contributed by atoms with Gasteiger partial charge < -0.3 is 10.3 Å². The van der Waals surface area contributed by atoms with Gasteiger partial charge in [0, 0.05) is 18.5 Å². The second kappa shape index (κ2) is 6.32. The van der Waals surface area contributed by atoms with Gasteiger partial charge in [-0.15, -0.1) is 0 Å². The van der Waals surface area contributed by atoms with E-state index in [9.17, 15) is 9.18 Å². The molecule has 2 N–H and O–H groups in total. The number of H-pyrrole nitrogens is 1. The Hall–Kier alpha value is -2.17. The molecule has 2 aromatic rings. The lowest BCUT2D eigenvalue weighted by Crippen LogP contribution is -2.26. The predicted octanol–water partition coefficient (Wildman–Crippen LogP) is 2.72. The van der Waals surface area contributed by atoms with E-state index in [1.807, 2.05) is 13.0 Å². The molecule has 1 aromatic carbocycles. The van der Waals surface area contributed by atoms with E-state index in [4.69, 9.17) is 0 Å². The van der Waals surface area contributed by atoms with Crippen LogP contribution in [0.15, 0.2) is 29.8 Å². The molecule has 20 heavy (non-hydrogen) atoms. The second-order valence-electron chi connectivity index (χ2n) is 4.65. The summed E-state index contributed by atoms with van der Waals surface area (Å²) in [4.78, 5) is 19.1. The van der Waals surface area contributed by atoms with Crippen molar-refractivity contribution in [3.63, 3.8) is 0 Å². The molecule has 0 unspecified atom stereocenters. The first-order valence-corrected chi connectivity index (χ1v) is 6.69. The lowest BCUT2D eigenvalue weighted by molar-refractivity contribution is -0.117. The van der Waals surface area contributed by atoms with Crippen LogP contribution in [0.2, 0.25) is 0 Å². The molecule has 0 bridgehead atoms. The number of hydrogen-bond acceptors (Lipinski definition) is 2. The molecule has 1 heterocycles. The number of hydrogen-bond donors (Lipinski definition) is 2. The summed E-state index contributed by atoms with van der Waals surface area (Å²) >= 11 is 0. The summed E-state index contributed by atoms with van der Waals surface area (Å²) in [5.41, 5.74) is 2.13. The molecule has 0 saturated heterocycles. The quantitative estimate of drug-likeness (QED) is 0.824. The molecule has 0 spiro atoms. The first kappa shape index (κ1) is 14.2. The number of imidazole rings is 1. The topological polar surface area (TPSA) is 57.8 Å². The molecule has 0 aliphatic carbocycles. The Morgan fingerprint density at radius 1 is 1.50 bits per heavy atom. The number of amides is 1. The molecule has 4 nitrogen and oxygen atoms in total. The first-order valence-electron chi connectivity index (χ1n) is 6.69. The number of aromatic nitrogens is 2. The molecule has 0 atom stereocenters. The minimum absolute atomic E-state index is 0.0611. The number of aromatic amines is 1. The maximum Gasteiger partial charge on any atom is 0.246 e. The van der Waals surface area contributed by atoms with E-state index in [0.717, 1.165) is 23.3 Å². The number of benzene rings is 1. The largest absolute Gasteiger partial charge is 0.352 e. The monoisotopic (exact) mass is 275 g/mol. The molecule has 0 aliphatic rings. The maximum atomic E-state index is 13.1. The fourth-order valence-corrected chi connectivity index (χ4v) is 1.99. The van der Waals surface area contributed by atoms with Crippen molar-refractivity contribution >= 4 is 16.9 Å². The minimum Gasteiger partial charge on any atom is -0.352 e. The Balaban J connectivity index is 1.93. The third-order valence-corrected chi connectivity index (χ3v) is 3.01. The van der Waals surface area contributed by atoms with Crippen molar-refractivity contribution < 1.29 is 9.18 Å². The van der Waals surface area contributed by atoms with Crippen molar-refractivity contribution in [2.75, 3.05) is 6.54 Å². The third kappa shape index (κ3) is 3.44. The number of rotatable bonds is 5. The van der Waals surface area contributed by atoms with Gasteiger partial charge in [0.2, 0.25) is 5.91 Å². The molecule has 1 amide bonds. The highest BCUT2D eigenvalue weighted by molar-refractivity contribution is 5.92. The highest BCUT2D eigenvalue weighted by Gasteiger charge is 2.06. The van der Waals surface area contributed by atoms with Gasteiger partial charge in [-0.05, 0) is 31.5 Å². The van der Waals surface area contributed by atoms with E-state index < -0.39 is 0 Å². The van der Waals surface area contributed by atoms with Crippen LogP contribution in [0.4, 0.5) is 4.39 Å². The number of nitrogens with one attached hydrogen (secondary N) is 2. The van der Waals surface area contributed by atoms with Gasteiger partial charge in [-0.3, -0.25) is 4.79 Å². The fourth-order valence-electron chi connectivity index (χ4n) is 1.99. The summed E-state index contributed by atoms with van der Waals surface area (Å²) < 4.78 is 13.1. The Morgan fingerprint density at radius 2 is 2.30 bits per heavy atom. The van der Waals surface area contributed by atoms with Gasteiger partial charge in [0.25, 0.3) is 0 Å². The molecule has 0 fully saturated rings. The second-order valence-corrected chi connectivity index (χ2v) is 4.65. The minimum atomic E-state index is -0.290. The predicted molar refractivity (Wildman–Crippen MR) is 76.8 cm³/mol. The fraction of sp³-hybridized carbons (Fsp3) is 0.333. The Morgan fingerprint density at radius 3 is 3.05 bits per heavy atom. The Kier molecular flexibility index (Phi) is 4.50. The van der Waals surface area contributed by atoms with Crippen molar-refractivity contribution in [2.45, 2.75) is 26.7 Å². The zero-order valence-corrected chi connectivity index (χ0v) is 11.7. The number of nitrogens with zero attached hydrogens (tertiary/aromatic N) is 1. The number of fused-ring (bicyclic) bond motifs is 1. The van der Waals surface area contributed by atoms with Gasteiger partial charge in [0.05, 0.1) is 11.0 Å². The molecule has 0 radical (unpaired) electrons. The van der Waals surface area contributed by atoms with Gasteiger partial charge in [-0.1, -0.05) is 13.0 Å². The number of allylic oxidation sites excluding steroid dienone is 1. The van der Waals surface area contributed by atoms with Gasteiger partial charge in [0.1, 0.15) is 11.6 Å². The van der Waals surface area contributed by atoms with E-state index in [2.05, 4.69) is 15.3 Å². The molecular weight excluding hydrogens is 257 g/mol. The highest BCUT2D eigenvalue weighted by atomic mass is 19.1. The van der Waals surface area contributed by atoms with Gasteiger partial charge in [-0.2, -0.15) is 0 Å². The van der Waals surface area contributed by atoms with Gasteiger partial charge in [-0.25, -0.2) is 9.37 Å². The van der Waals surface area contributed by atoms with Crippen LogP contribution in [-0.4, -0.2) is 22.4 Å². The van der Waals surface area contributed by atoms with E-state index in [0.29, 0.717) is 18.5 Å². The molecule has 106 valence electrons. The SMILES string of the molecule is CCC=C(C)C(=O)NCCc1nc2ccc(F)cc2[nH]1. The molecular formula is C15H18FN3O. The van der Waals surface area contributed by atoms with Crippen LogP contribution in [0.1, 0.15) is 26.1 Å². The summed E-state index contributed by atoms with van der Waals surface area (Å²) in [6, 6.07) is 4.43. The highest BCUT2D eigenvalue weighted by Crippen LogP contribution is 2.12. The number of halogens is 1. The average molecular weight is 275 g/mol. The summed E-state index contributed by atoms with van der Waals surface area (Å²) in [7, 11) is 0. The van der Waals surface area contributed by atoms with Crippen LogP contribution >= 0.6 is 0 Å². The zero-order valence-electron chi connectivity index (χ0n) is 11.7. The normalized spacial score (nSPS) is 11.8. The maximum absolute atomic E-state index is 13.1. The van der Waals surface area contributed by atoms with Crippen molar-refractivity contribution in [2.24, 2.45) is 0 Å². The lowest BCUT2D eigenvalue weighted by Gasteiger charge is -2.03. The van der Waals surface area contributed by atoms with Crippen molar-refractivity contribution in [1.29, 1.82) is 0 Å². The van der Waals surface area contributed by atoms with E-state index >= 15 is 0 Å².